The molecule has 128 valence electrons. The summed E-state index contributed by atoms with van der Waals surface area (Å²) >= 11 is 0. The summed E-state index contributed by atoms with van der Waals surface area (Å²) in [5, 5.41) is 5.18. The molecule has 0 saturated carbocycles. The molecule has 1 fully saturated rings. The van der Waals surface area contributed by atoms with Gasteiger partial charge in [0.15, 0.2) is 0 Å². The van der Waals surface area contributed by atoms with E-state index in [1.165, 1.54) is 0 Å². The van der Waals surface area contributed by atoms with E-state index in [1.54, 1.807) is 0 Å². The Kier molecular flexibility index (Phi) is 5.33. The molecule has 0 aliphatic carbocycles. The van der Waals surface area contributed by atoms with Crippen molar-refractivity contribution in [3.05, 3.63) is 42.5 Å². The van der Waals surface area contributed by atoms with Crippen LogP contribution in [0.5, 0.6) is 5.75 Å². The van der Waals surface area contributed by atoms with Crippen LogP contribution >= 0.6 is 0 Å². The number of rotatable bonds is 6. The van der Waals surface area contributed by atoms with Crippen LogP contribution in [-0.4, -0.2) is 38.8 Å². The van der Waals surface area contributed by atoms with E-state index in [2.05, 4.69) is 17.4 Å². The van der Waals surface area contributed by atoms with Crippen LogP contribution in [0.25, 0.3) is 10.8 Å². The Morgan fingerprint density at radius 3 is 2.71 bits per heavy atom. The summed E-state index contributed by atoms with van der Waals surface area (Å²) in [5.74, 6) is 0.844. The Balaban J connectivity index is 1.54. The van der Waals surface area contributed by atoms with Gasteiger partial charge in [-0.05, 0) is 24.3 Å². The highest BCUT2D eigenvalue weighted by Crippen LogP contribution is 2.29. The number of hydrogen-bond donors (Lipinski definition) is 2. The van der Waals surface area contributed by atoms with Crippen molar-refractivity contribution in [3.63, 3.8) is 0 Å². The van der Waals surface area contributed by atoms with E-state index in [9.17, 15) is 4.79 Å². The maximum absolute atomic E-state index is 12.5. The van der Waals surface area contributed by atoms with Gasteiger partial charge in [0.1, 0.15) is 12.4 Å². The zero-order valence-electron chi connectivity index (χ0n) is 13.8. The molecule has 1 heterocycles. The van der Waals surface area contributed by atoms with Gasteiger partial charge in [-0.3, -0.25) is 4.79 Å². The Labute approximate surface area is 142 Å². The van der Waals surface area contributed by atoms with Crippen molar-refractivity contribution < 1.29 is 14.3 Å². The Hall–Kier alpha value is -2.11. The van der Waals surface area contributed by atoms with E-state index >= 15 is 0 Å². The standard InChI is InChI=1S/C19H24N2O3/c20-14-19(8-11-23-12-9-19)18(22)21-10-13-24-17-7-3-5-15-4-1-2-6-16(15)17/h1-7H,8-14,20H2,(H,21,22). The molecular weight excluding hydrogens is 304 g/mol. The van der Waals surface area contributed by atoms with Crippen LogP contribution in [0.4, 0.5) is 0 Å². The Bertz CT molecular complexity index is 691. The van der Waals surface area contributed by atoms with Crippen LogP contribution in [0.1, 0.15) is 12.8 Å². The molecule has 0 unspecified atom stereocenters. The largest absolute Gasteiger partial charge is 0.491 e. The minimum Gasteiger partial charge on any atom is -0.491 e. The Morgan fingerprint density at radius 1 is 1.17 bits per heavy atom. The molecule has 0 spiro atoms. The summed E-state index contributed by atoms with van der Waals surface area (Å²) in [6.07, 6.45) is 1.36. The van der Waals surface area contributed by atoms with E-state index in [1.807, 2.05) is 30.3 Å². The minimum atomic E-state index is -0.488. The van der Waals surface area contributed by atoms with Crippen LogP contribution in [-0.2, 0) is 9.53 Å². The molecule has 24 heavy (non-hydrogen) atoms. The zero-order valence-corrected chi connectivity index (χ0v) is 13.8. The number of hydrogen-bond acceptors (Lipinski definition) is 4. The average Bonchev–Trinajstić information content (AvgIpc) is 2.65. The second kappa shape index (κ2) is 7.64. The fourth-order valence-corrected chi connectivity index (χ4v) is 3.12. The highest BCUT2D eigenvalue weighted by molar-refractivity contribution is 5.88. The van der Waals surface area contributed by atoms with Crippen LogP contribution in [0.15, 0.2) is 42.5 Å². The smallest absolute Gasteiger partial charge is 0.227 e. The highest BCUT2D eigenvalue weighted by Gasteiger charge is 2.38. The van der Waals surface area contributed by atoms with Crippen LogP contribution in [0, 0.1) is 5.41 Å². The molecule has 0 bridgehead atoms. The van der Waals surface area contributed by atoms with E-state index in [-0.39, 0.29) is 5.91 Å². The van der Waals surface area contributed by atoms with Crippen molar-refractivity contribution in [2.45, 2.75) is 12.8 Å². The summed E-state index contributed by atoms with van der Waals surface area (Å²) in [4.78, 5) is 12.5. The second-order valence-electron chi connectivity index (χ2n) is 6.18. The lowest BCUT2D eigenvalue weighted by Gasteiger charge is -2.34. The van der Waals surface area contributed by atoms with Gasteiger partial charge in [-0.25, -0.2) is 0 Å². The molecule has 3 rings (SSSR count). The molecular formula is C19H24N2O3. The van der Waals surface area contributed by atoms with Gasteiger partial charge in [0.05, 0.1) is 12.0 Å². The fourth-order valence-electron chi connectivity index (χ4n) is 3.12. The van der Waals surface area contributed by atoms with Gasteiger partial charge in [-0.2, -0.15) is 0 Å². The third-order valence-electron chi connectivity index (χ3n) is 4.72. The van der Waals surface area contributed by atoms with Crippen molar-refractivity contribution in [1.29, 1.82) is 0 Å². The van der Waals surface area contributed by atoms with E-state index in [4.69, 9.17) is 15.2 Å². The lowest BCUT2D eigenvalue weighted by atomic mass is 9.79. The third kappa shape index (κ3) is 3.52. The van der Waals surface area contributed by atoms with Gasteiger partial charge in [0, 0.05) is 25.1 Å². The summed E-state index contributed by atoms with van der Waals surface area (Å²) in [7, 11) is 0. The van der Waals surface area contributed by atoms with Crippen molar-refractivity contribution in [1.82, 2.24) is 5.32 Å². The lowest BCUT2D eigenvalue weighted by Crippen LogP contribution is -2.49. The number of ether oxygens (including phenoxy) is 2. The lowest BCUT2D eigenvalue weighted by molar-refractivity contribution is -0.136. The summed E-state index contributed by atoms with van der Waals surface area (Å²) in [6.45, 7) is 2.43. The van der Waals surface area contributed by atoms with E-state index in [0.29, 0.717) is 45.8 Å². The summed E-state index contributed by atoms with van der Waals surface area (Å²) in [5.41, 5.74) is 5.36. The van der Waals surface area contributed by atoms with E-state index in [0.717, 1.165) is 16.5 Å². The van der Waals surface area contributed by atoms with Crippen molar-refractivity contribution in [2.24, 2.45) is 11.1 Å². The first kappa shape index (κ1) is 16.7. The van der Waals surface area contributed by atoms with Crippen molar-refractivity contribution in [2.75, 3.05) is 32.9 Å². The van der Waals surface area contributed by atoms with Gasteiger partial charge in [0.2, 0.25) is 5.91 Å². The molecule has 1 amide bonds. The number of carbonyl (C=O) groups excluding carboxylic acids is 1. The number of benzene rings is 2. The van der Waals surface area contributed by atoms with E-state index < -0.39 is 5.41 Å². The molecule has 1 aliphatic heterocycles. The molecule has 2 aromatic rings. The molecule has 5 nitrogen and oxygen atoms in total. The first-order valence-corrected chi connectivity index (χ1v) is 8.42. The molecule has 1 saturated heterocycles. The van der Waals surface area contributed by atoms with Gasteiger partial charge >= 0.3 is 0 Å². The molecule has 2 aromatic carbocycles. The Morgan fingerprint density at radius 2 is 1.92 bits per heavy atom. The van der Waals surface area contributed by atoms with Crippen LogP contribution < -0.4 is 15.8 Å². The monoisotopic (exact) mass is 328 g/mol. The SMILES string of the molecule is NCC1(C(=O)NCCOc2cccc3ccccc23)CCOCC1. The normalized spacial score (nSPS) is 16.7. The maximum Gasteiger partial charge on any atom is 0.227 e. The molecule has 0 aromatic heterocycles. The topological polar surface area (TPSA) is 73.6 Å². The molecule has 0 radical (unpaired) electrons. The molecule has 3 N–H and O–H groups in total. The number of carbonyl (C=O) groups is 1. The van der Waals surface area contributed by atoms with Gasteiger partial charge in [0.25, 0.3) is 0 Å². The first-order chi connectivity index (χ1) is 11.7. The molecule has 1 aliphatic rings. The minimum absolute atomic E-state index is 0.00909. The van der Waals surface area contributed by atoms with Crippen LogP contribution in [0.2, 0.25) is 0 Å². The third-order valence-corrected chi connectivity index (χ3v) is 4.72. The predicted molar refractivity (Wildman–Crippen MR) is 94.0 cm³/mol. The average molecular weight is 328 g/mol. The first-order valence-electron chi connectivity index (χ1n) is 8.42. The predicted octanol–water partition coefficient (Wildman–Crippen LogP) is 2.09. The highest BCUT2D eigenvalue weighted by atomic mass is 16.5. The quantitative estimate of drug-likeness (QED) is 0.797. The second-order valence-corrected chi connectivity index (χ2v) is 6.18. The van der Waals surface area contributed by atoms with Gasteiger partial charge < -0.3 is 20.5 Å². The number of nitrogens with two attached hydrogens (primary N) is 1. The van der Waals surface area contributed by atoms with Crippen molar-refractivity contribution >= 4 is 16.7 Å². The number of nitrogens with one attached hydrogen (secondary N) is 1. The van der Waals surface area contributed by atoms with Crippen molar-refractivity contribution in [3.8, 4) is 5.75 Å². The van der Waals surface area contributed by atoms with Gasteiger partial charge in [-0.1, -0.05) is 36.4 Å². The maximum atomic E-state index is 12.5. The van der Waals surface area contributed by atoms with Crippen LogP contribution in [0.3, 0.4) is 0 Å². The number of amides is 1. The molecule has 5 heteroatoms. The van der Waals surface area contributed by atoms with Gasteiger partial charge in [-0.15, -0.1) is 0 Å². The summed E-state index contributed by atoms with van der Waals surface area (Å²) < 4.78 is 11.2. The zero-order chi connectivity index (χ0) is 16.8. The number of fused-ring (bicyclic) bond motifs is 1. The molecule has 0 atom stereocenters. The fraction of sp³-hybridized carbons (Fsp3) is 0.421. The summed E-state index contributed by atoms with van der Waals surface area (Å²) in [6, 6.07) is 14.1.